The molecule has 33 heavy (non-hydrogen) atoms. The minimum atomic E-state index is -0.812. The number of hydrogen-bond donors (Lipinski definition) is 1. The van der Waals surface area contributed by atoms with E-state index in [1.54, 1.807) is 16.7 Å². The van der Waals surface area contributed by atoms with Gasteiger partial charge in [0.15, 0.2) is 0 Å². The molecule has 174 valence electrons. The molecule has 0 aromatic heterocycles. The Morgan fingerprint density at radius 2 is 1.79 bits per heavy atom. The lowest BCUT2D eigenvalue weighted by Crippen LogP contribution is -2.56. The highest BCUT2D eigenvalue weighted by Gasteiger charge is 2.44. The van der Waals surface area contributed by atoms with Gasteiger partial charge in [-0.25, -0.2) is 0 Å². The van der Waals surface area contributed by atoms with Crippen LogP contribution >= 0.6 is 0 Å². The summed E-state index contributed by atoms with van der Waals surface area (Å²) in [6.07, 6.45) is 3.15. The minimum absolute atomic E-state index is 0.0296. The van der Waals surface area contributed by atoms with Gasteiger partial charge in [0.25, 0.3) is 0 Å². The molecule has 4 rings (SSSR count). The lowest BCUT2D eigenvalue weighted by Gasteiger charge is -2.42. The molecule has 0 spiro atoms. The molecule has 6 nitrogen and oxygen atoms in total. The second kappa shape index (κ2) is 9.38. The van der Waals surface area contributed by atoms with Crippen LogP contribution in [0.1, 0.15) is 43.7 Å². The quantitative estimate of drug-likeness (QED) is 0.737. The predicted octanol–water partition coefficient (Wildman–Crippen LogP) is 3.31. The van der Waals surface area contributed by atoms with Crippen molar-refractivity contribution < 1.29 is 14.4 Å². The van der Waals surface area contributed by atoms with Crippen molar-refractivity contribution >= 4 is 17.7 Å². The van der Waals surface area contributed by atoms with Crippen LogP contribution in [0, 0.1) is 12.3 Å². The summed E-state index contributed by atoms with van der Waals surface area (Å²) in [6, 6.07) is 16.0. The summed E-state index contributed by atoms with van der Waals surface area (Å²) in [5, 5.41) is 0. The molecule has 3 amide bonds. The van der Waals surface area contributed by atoms with Gasteiger partial charge in [-0.3, -0.25) is 14.4 Å². The number of carbonyl (C=O) groups is 3. The second-order valence-electron chi connectivity index (χ2n) is 9.62. The standard InChI is InChI=1S/C27H33N3O3/c1-19-7-3-9-22(15-19)23-10-4-8-21(16-23)17-27(26(28)33)12-6-13-29(18-27)25(32)20(2)30-14-5-11-24(30)31/h3-4,7-10,15-16,20H,5-6,11-14,17-18H2,1-2H3,(H2,28,33)/t20-,27+/m1/s1. The molecule has 6 heteroatoms. The Bertz CT molecular complexity index is 1070. The first-order valence-electron chi connectivity index (χ1n) is 11.8. The van der Waals surface area contributed by atoms with E-state index < -0.39 is 11.5 Å². The van der Waals surface area contributed by atoms with Crippen LogP contribution in [-0.2, 0) is 20.8 Å². The van der Waals surface area contributed by atoms with Crippen molar-refractivity contribution in [2.75, 3.05) is 19.6 Å². The zero-order valence-corrected chi connectivity index (χ0v) is 19.5. The van der Waals surface area contributed by atoms with Crippen LogP contribution in [0.2, 0.25) is 0 Å². The number of aryl methyl sites for hydroxylation is 1. The minimum Gasteiger partial charge on any atom is -0.369 e. The number of piperidine rings is 1. The first-order valence-corrected chi connectivity index (χ1v) is 11.8. The maximum atomic E-state index is 13.2. The van der Waals surface area contributed by atoms with Gasteiger partial charge in [-0.1, -0.05) is 54.1 Å². The van der Waals surface area contributed by atoms with Gasteiger partial charge in [0.2, 0.25) is 17.7 Å². The van der Waals surface area contributed by atoms with Crippen molar-refractivity contribution in [1.29, 1.82) is 0 Å². The van der Waals surface area contributed by atoms with E-state index in [0.29, 0.717) is 45.3 Å². The van der Waals surface area contributed by atoms with Crippen molar-refractivity contribution in [2.45, 2.75) is 52.0 Å². The van der Waals surface area contributed by atoms with Crippen molar-refractivity contribution in [3.05, 3.63) is 59.7 Å². The number of amides is 3. The van der Waals surface area contributed by atoms with E-state index in [1.807, 2.05) is 18.2 Å². The number of benzene rings is 2. The SMILES string of the molecule is Cc1cccc(-c2cccc(C[C@@]3(C(N)=O)CCCN(C(=O)[C@@H](C)N4CCCC4=O)C3)c2)c1. The average Bonchev–Trinajstić information content (AvgIpc) is 3.24. The van der Waals surface area contributed by atoms with Crippen molar-refractivity contribution in [3.63, 3.8) is 0 Å². The van der Waals surface area contributed by atoms with Crippen molar-refractivity contribution in [2.24, 2.45) is 11.1 Å². The van der Waals surface area contributed by atoms with E-state index in [-0.39, 0.29) is 17.7 Å². The molecule has 2 aliphatic heterocycles. The van der Waals surface area contributed by atoms with Gasteiger partial charge in [0, 0.05) is 26.1 Å². The molecule has 0 aliphatic carbocycles. The van der Waals surface area contributed by atoms with Crippen molar-refractivity contribution in [1.82, 2.24) is 9.80 Å². The van der Waals surface area contributed by atoms with Gasteiger partial charge in [-0.2, -0.15) is 0 Å². The number of carbonyl (C=O) groups excluding carboxylic acids is 3. The molecule has 2 N–H and O–H groups in total. The number of likely N-dealkylation sites (tertiary alicyclic amines) is 2. The molecule has 0 unspecified atom stereocenters. The third-order valence-electron chi connectivity index (χ3n) is 7.17. The third kappa shape index (κ3) is 4.80. The smallest absolute Gasteiger partial charge is 0.245 e. The molecule has 2 fully saturated rings. The highest BCUT2D eigenvalue weighted by Crippen LogP contribution is 2.35. The summed E-state index contributed by atoms with van der Waals surface area (Å²) >= 11 is 0. The molecule has 2 aromatic carbocycles. The topological polar surface area (TPSA) is 83.7 Å². The molecule has 0 radical (unpaired) electrons. The first kappa shape index (κ1) is 23.0. The number of rotatable bonds is 6. The molecule has 2 saturated heterocycles. The fourth-order valence-electron chi connectivity index (χ4n) is 5.30. The normalized spacial score (nSPS) is 21.8. The molecule has 2 heterocycles. The first-order chi connectivity index (χ1) is 15.8. The van der Waals surface area contributed by atoms with E-state index in [0.717, 1.165) is 23.1 Å². The lowest BCUT2D eigenvalue weighted by atomic mass is 9.74. The molecule has 0 bridgehead atoms. The Morgan fingerprint density at radius 3 is 2.45 bits per heavy atom. The van der Waals surface area contributed by atoms with E-state index in [4.69, 9.17) is 5.73 Å². The van der Waals surface area contributed by atoms with Gasteiger partial charge in [0.1, 0.15) is 6.04 Å². The monoisotopic (exact) mass is 447 g/mol. The zero-order chi connectivity index (χ0) is 23.6. The second-order valence-corrected chi connectivity index (χ2v) is 9.62. The van der Waals surface area contributed by atoms with Crippen molar-refractivity contribution in [3.8, 4) is 11.1 Å². The van der Waals surface area contributed by atoms with Crippen LogP contribution in [0.4, 0.5) is 0 Å². The Balaban J connectivity index is 1.55. The zero-order valence-electron chi connectivity index (χ0n) is 19.5. The van der Waals surface area contributed by atoms with E-state index >= 15 is 0 Å². The van der Waals surface area contributed by atoms with Gasteiger partial charge in [-0.15, -0.1) is 0 Å². The van der Waals surface area contributed by atoms with Gasteiger partial charge >= 0.3 is 0 Å². The van der Waals surface area contributed by atoms with Gasteiger partial charge in [-0.05, 0) is 56.2 Å². The summed E-state index contributed by atoms with van der Waals surface area (Å²) in [4.78, 5) is 41.5. The number of nitrogens with two attached hydrogens (primary N) is 1. The van der Waals surface area contributed by atoms with Crippen LogP contribution in [-0.4, -0.2) is 53.2 Å². The van der Waals surface area contributed by atoms with Crippen LogP contribution in [0.15, 0.2) is 48.5 Å². The van der Waals surface area contributed by atoms with Crippen LogP contribution in [0.25, 0.3) is 11.1 Å². The predicted molar refractivity (Wildman–Crippen MR) is 128 cm³/mol. The van der Waals surface area contributed by atoms with E-state index in [2.05, 4.69) is 37.3 Å². The Hall–Kier alpha value is -3.15. The van der Waals surface area contributed by atoms with Crippen LogP contribution in [0.3, 0.4) is 0 Å². The van der Waals surface area contributed by atoms with Crippen LogP contribution < -0.4 is 5.73 Å². The molecule has 2 aromatic rings. The fourth-order valence-corrected chi connectivity index (χ4v) is 5.30. The van der Waals surface area contributed by atoms with Crippen LogP contribution in [0.5, 0.6) is 0 Å². The third-order valence-corrected chi connectivity index (χ3v) is 7.17. The van der Waals surface area contributed by atoms with E-state index in [1.165, 1.54) is 5.56 Å². The van der Waals surface area contributed by atoms with Gasteiger partial charge < -0.3 is 15.5 Å². The maximum absolute atomic E-state index is 13.2. The Morgan fingerprint density at radius 1 is 1.06 bits per heavy atom. The summed E-state index contributed by atoms with van der Waals surface area (Å²) in [5.74, 6) is -0.433. The summed E-state index contributed by atoms with van der Waals surface area (Å²) in [6.45, 7) is 5.36. The number of primary amides is 1. The summed E-state index contributed by atoms with van der Waals surface area (Å²) in [5.41, 5.74) is 9.61. The largest absolute Gasteiger partial charge is 0.369 e. The average molecular weight is 448 g/mol. The summed E-state index contributed by atoms with van der Waals surface area (Å²) < 4.78 is 0. The number of nitrogens with zero attached hydrogens (tertiary/aromatic N) is 2. The molecular formula is C27H33N3O3. The maximum Gasteiger partial charge on any atom is 0.245 e. The highest BCUT2D eigenvalue weighted by atomic mass is 16.2. The molecular weight excluding hydrogens is 414 g/mol. The molecule has 0 saturated carbocycles. The fraction of sp³-hybridized carbons (Fsp3) is 0.444. The van der Waals surface area contributed by atoms with Gasteiger partial charge in [0.05, 0.1) is 5.41 Å². The molecule has 2 atom stereocenters. The Kier molecular flexibility index (Phi) is 6.54. The molecule has 2 aliphatic rings. The Labute approximate surface area is 195 Å². The lowest BCUT2D eigenvalue weighted by molar-refractivity contribution is -0.147. The highest BCUT2D eigenvalue weighted by molar-refractivity contribution is 5.89. The number of hydrogen-bond acceptors (Lipinski definition) is 3. The summed E-state index contributed by atoms with van der Waals surface area (Å²) in [7, 11) is 0. The van der Waals surface area contributed by atoms with E-state index in [9.17, 15) is 14.4 Å².